The van der Waals surface area contributed by atoms with Crippen molar-refractivity contribution >= 4 is 39.0 Å². The van der Waals surface area contributed by atoms with Gasteiger partial charge in [0.1, 0.15) is 12.4 Å². The predicted molar refractivity (Wildman–Crippen MR) is 162 cm³/mol. The van der Waals surface area contributed by atoms with Crippen molar-refractivity contribution in [2.45, 2.75) is 18.9 Å². The number of nitrogens with zero attached hydrogens (tertiary/aromatic N) is 2. The van der Waals surface area contributed by atoms with E-state index in [2.05, 4.69) is 40.7 Å². The first-order chi connectivity index (χ1) is 19.5. The van der Waals surface area contributed by atoms with Crippen LogP contribution in [-0.2, 0) is 6.42 Å². The standard InChI is InChI=1S/C32H27BrN2O4S/c1-4-15-39-30-24(33)16-19(17-26(30)38-3)18-27-31(36)35-29(22-11-7-8-12-25(22)37-2)23-14-13-20-9-5-6-10-21(20)28(23)34-32(35)40-27/h4-12,16-18,29H,1,13-15H2,2-3H3/b27-18-/t29-/m0/s1. The van der Waals surface area contributed by atoms with Gasteiger partial charge in [-0.3, -0.25) is 9.36 Å². The van der Waals surface area contributed by atoms with Gasteiger partial charge < -0.3 is 14.2 Å². The Bertz CT molecular complexity index is 1850. The lowest BCUT2D eigenvalue weighted by Gasteiger charge is -2.31. The van der Waals surface area contributed by atoms with Gasteiger partial charge in [0.25, 0.3) is 5.56 Å². The van der Waals surface area contributed by atoms with Crippen LogP contribution in [0, 0.1) is 0 Å². The SMILES string of the molecule is C=CCOc1c(Br)cc(/C=c2\sc3n(c2=O)[C@@H](c2ccccc2OC)C2=C(N=3)c3ccccc3CC2)cc1OC. The zero-order valence-corrected chi connectivity index (χ0v) is 24.6. The molecule has 40 heavy (non-hydrogen) atoms. The fourth-order valence-corrected chi connectivity index (χ4v) is 7.02. The Morgan fingerprint density at radius 1 is 1.07 bits per heavy atom. The lowest BCUT2D eigenvalue weighted by Crippen LogP contribution is -2.39. The minimum atomic E-state index is -0.311. The Hall–Kier alpha value is -3.88. The first-order valence-electron chi connectivity index (χ1n) is 12.9. The summed E-state index contributed by atoms with van der Waals surface area (Å²) in [7, 11) is 3.26. The van der Waals surface area contributed by atoms with Gasteiger partial charge in [-0.05, 0) is 69.7 Å². The second-order valence-electron chi connectivity index (χ2n) is 9.49. The van der Waals surface area contributed by atoms with E-state index in [0.717, 1.165) is 51.0 Å². The zero-order valence-electron chi connectivity index (χ0n) is 22.1. The second-order valence-corrected chi connectivity index (χ2v) is 11.4. The molecule has 0 unspecified atom stereocenters. The van der Waals surface area contributed by atoms with Gasteiger partial charge in [-0.15, -0.1) is 0 Å². The van der Waals surface area contributed by atoms with Crippen molar-refractivity contribution in [2.24, 2.45) is 4.99 Å². The number of halogens is 1. The number of hydrogen-bond donors (Lipinski definition) is 0. The molecule has 0 saturated carbocycles. The van der Waals surface area contributed by atoms with Gasteiger partial charge in [0.05, 0.1) is 35.0 Å². The number of thiazole rings is 1. The molecule has 0 saturated heterocycles. The van der Waals surface area contributed by atoms with E-state index >= 15 is 0 Å². The molecule has 0 spiro atoms. The van der Waals surface area contributed by atoms with Gasteiger partial charge >= 0.3 is 0 Å². The van der Waals surface area contributed by atoms with Crippen LogP contribution in [0.15, 0.2) is 93.2 Å². The maximum Gasteiger partial charge on any atom is 0.271 e. The van der Waals surface area contributed by atoms with E-state index in [4.69, 9.17) is 19.2 Å². The molecule has 2 aliphatic rings. The molecule has 0 bridgehead atoms. The van der Waals surface area contributed by atoms with Crippen LogP contribution in [0.3, 0.4) is 0 Å². The molecule has 3 aromatic carbocycles. The number of hydrogen-bond acceptors (Lipinski definition) is 6. The van der Waals surface area contributed by atoms with Crippen LogP contribution in [0.2, 0.25) is 0 Å². The van der Waals surface area contributed by atoms with Crippen LogP contribution in [0.5, 0.6) is 17.2 Å². The second kappa shape index (κ2) is 10.9. The lowest BCUT2D eigenvalue weighted by molar-refractivity contribution is 0.324. The van der Waals surface area contributed by atoms with Crippen molar-refractivity contribution in [3.8, 4) is 17.2 Å². The number of allylic oxidation sites excluding steroid dienone is 1. The molecule has 1 aliphatic heterocycles. The lowest BCUT2D eigenvalue weighted by atomic mass is 9.83. The van der Waals surface area contributed by atoms with Crippen molar-refractivity contribution in [2.75, 3.05) is 20.8 Å². The Morgan fingerprint density at radius 3 is 2.65 bits per heavy atom. The maximum absolute atomic E-state index is 14.1. The quantitative estimate of drug-likeness (QED) is 0.252. The molecule has 8 heteroatoms. The first kappa shape index (κ1) is 26.3. The van der Waals surface area contributed by atoms with Crippen molar-refractivity contribution in [1.82, 2.24) is 4.57 Å². The molecule has 4 aromatic rings. The Kier molecular flexibility index (Phi) is 7.21. The zero-order chi connectivity index (χ0) is 27.8. The highest BCUT2D eigenvalue weighted by Crippen LogP contribution is 2.43. The summed E-state index contributed by atoms with van der Waals surface area (Å²) >= 11 is 4.98. The molecule has 2 heterocycles. The first-order valence-corrected chi connectivity index (χ1v) is 14.5. The van der Waals surface area contributed by atoms with E-state index in [0.29, 0.717) is 27.4 Å². The van der Waals surface area contributed by atoms with Gasteiger partial charge in [-0.1, -0.05) is 66.5 Å². The van der Waals surface area contributed by atoms with Gasteiger partial charge in [0, 0.05) is 11.1 Å². The van der Waals surface area contributed by atoms with Gasteiger partial charge in [-0.25, -0.2) is 4.99 Å². The number of benzene rings is 3. The van der Waals surface area contributed by atoms with Gasteiger partial charge in [0.2, 0.25) is 0 Å². The highest BCUT2D eigenvalue weighted by molar-refractivity contribution is 9.10. The largest absolute Gasteiger partial charge is 0.496 e. The summed E-state index contributed by atoms with van der Waals surface area (Å²) in [6.07, 6.45) is 5.27. The fraction of sp³-hybridized carbons (Fsp3) is 0.188. The molecule has 1 aromatic heterocycles. The maximum atomic E-state index is 14.1. The molecule has 202 valence electrons. The number of aromatic nitrogens is 1. The molecule has 0 radical (unpaired) electrons. The van der Waals surface area contributed by atoms with E-state index in [1.54, 1.807) is 20.3 Å². The van der Waals surface area contributed by atoms with Crippen LogP contribution in [0.1, 0.15) is 34.7 Å². The summed E-state index contributed by atoms with van der Waals surface area (Å²) in [4.78, 5) is 19.9. The average molecular weight is 616 g/mol. The molecule has 6 rings (SSSR count). The van der Waals surface area contributed by atoms with E-state index in [9.17, 15) is 4.79 Å². The molecular formula is C32H27BrN2O4S. The van der Waals surface area contributed by atoms with Crippen molar-refractivity contribution in [3.05, 3.63) is 125 Å². The van der Waals surface area contributed by atoms with Crippen molar-refractivity contribution in [3.63, 3.8) is 0 Å². The van der Waals surface area contributed by atoms with Crippen LogP contribution in [-0.4, -0.2) is 25.4 Å². The predicted octanol–water partition coefficient (Wildman–Crippen LogP) is 5.66. The third-order valence-electron chi connectivity index (χ3n) is 7.20. The summed E-state index contributed by atoms with van der Waals surface area (Å²) in [5, 5.41) is 0. The highest BCUT2D eigenvalue weighted by atomic mass is 79.9. The summed E-state index contributed by atoms with van der Waals surface area (Å²) in [6, 6.07) is 19.8. The normalized spacial score (nSPS) is 16.0. The smallest absolute Gasteiger partial charge is 0.271 e. The summed E-state index contributed by atoms with van der Waals surface area (Å²) < 4.78 is 20.3. The number of ether oxygens (including phenoxy) is 3. The molecule has 0 N–H and O–H groups in total. The van der Waals surface area contributed by atoms with Crippen LogP contribution in [0.4, 0.5) is 0 Å². The van der Waals surface area contributed by atoms with Crippen LogP contribution >= 0.6 is 27.3 Å². The number of para-hydroxylation sites is 1. The average Bonchev–Trinajstić information content (AvgIpc) is 3.29. The van der Waals surface area contributed by atoms with Crippen molar-refractivity contribution in [1.29, 1.82) is 0 Å². The molecule has 0 amide bonds. The minimum Gasteiger partial charge on any atom is -0.496 e. The van der Waals surface area contributed by atoms with E-state index < -0.39 is 0 Å². The number of rotatable bonds is 7. The monoisotopic (exact) mass is 614 g/mol. The fourth-order valence-electron chi connectivity index (χ4n) is 5.45. The summed E-state index contributed by atoms with van der Waals surface area (Å²) in [5.74, 6) is 1.90. The summed E-state index contributed by atoms with van der Waals surface area (Å²) in [5.41, 5.74) is 6.17. The van der Waals surface area contributed by atoms with Crippen LogP contribution in [0.25, 0.3) is 11.8 Å². The Balaban J connectivity index is 1.57. The highest BCUT2D eigenvalue weighted by Gasteiger charge is 2.34. The Morgan fingerprint density at radius 2 is 1.85 bits per heavy atom. The van der Waals surface area contributed by atoms with Gasteiger partial charge in [0.15, 0.2) is 16.3 Å². The molecule has 0 fully saturated rings. The molecular weight excluding hydrogens is 588 g/mol. The van der Waals surface area contributed by atoms with E-state index in [1.165, 1.54) is 16.9 Å². The third-order valence-corrected chi connectivity index (χ3v) is 8.77. The number of aryl methyl sites for hydroxylation is 1. The molecule has 1 aliphatic carbocycles. The number of fused-ring (bicyclic) bond motifs is 3. The molecule has 1 atom stereocenters. The van der Waals surface area contributed by atoms with E-state index in [1.807, 2.05) is 53.1 Å². The number of methoxy groups -OCH3 is 2. The molecule has 6 nitrogen and oxygen atoms in total. The summed E-state index contributed by atoms with van der Waals surface area (Å²) in [6.45, 7) is 4.06. The van der Waals surface area contributed by atoms with Crippen molar-refractivity contribution < 1.29 is 14.2 Å². The van der Waals surface area contributed by atoms with Gasteiger partial charge in [-0.2, -0.15) is 0 Å². The van der Waals surface area contributed by atoms with Crippen LogP contribution < -0.4 is 29.1 Å². The minimum absolute atomic E-state index is 0.0906. The third kappa shape index (κ3) is 4.51. The van der Waals surface area contributed by atoms with E-state index in [-0.39, 0.29) is 11.6 Å². The Labute approximate surface area is 244 Å². The topological polar surface area (TPSA) is 62.0 Å².